The van der Waals surface area contributed by atoms with E-state index >= 15 is 0 Å². The fourth-order valence-corrected chi connectivity index (χ4v) is 1.54. The number of hydrogen-bond donors (Lipinski definition) is 1. The largest absolute Gasteiger partial charge is 0.462 e. The molecule has 1 heterocycles. The molecule has 1 aromatic carbocycles. The van der Waals surface area contributed by atoms with Crippen molar-refractivity contribution in [2.24, 2.45) is 10.7 Å². The molecule has 0 bridgehead atoms. The minimum Gasteiger partial charge on any atom is -0.462 e. The lowest BCUT2D eigenvalue weighted by atomic mass is 9.94. The van der Waals surface area contributed by atoms with Gasteiger partial charge < -0.3 is 10.5 Å². The second-order valence-corrected chi connectivity index (χ2v) is 3.77. The van der Waals surface area contributed by atoms with E-state index in [0.717, 1.165) is 12.1 Å². The lowest BCUT2D eigenvalue weighted by molar-refractivity contribution is 0.265. The highest BCUT2D eigenvalue weighted by Gasteiger charge is 2.34. The molecule has 0 radical (unpaired) electrons. The number of amidine groups is 1. The highest BCUT2D eigenvalue weighted by Crippen LogP contribution is 2.31. The van der Waals surface area contributed by atoms with Crippen molar-refractivity contribution >= 4 is 6.02 Å². The van der Waals surface area contributed by atoms with Crippen molar-refractivity contribution in [1.82, 2.24) is 0 Å². The molecule has 6 heteroatoms. The Morgan fingerprint density at radius 3 is 2.31 bits per heavy atom. The lowest BCUT2D eigenvalue weighted by Gasteiger charge is -2.18. The average Bonchev–Trinajstić information content (AvgIpc) is 2.56. The Kier molecular flexibility index (Phi) is 2.29. The Morgan fingerprint density at radius 2 is 1.88 bits per heavy atom. The van der Waals surface area contributed by atoms with Crippen LogP contribution in [0.2, 0.25) is 0 Å². The number of nitrogens with zero attached hydrogens (tertiary/aromatic N) is 1. The molecule has 2 N–H and O–H groups in total. The van der Waals surface area contributed by atoms with E-state index in [1.54, 1.807) is 6.92 Å². The molecular weight excluding hydrogens is 221 g/mol. The first kappa shape index (κ1) is 10.8. The molecule has 86 valence electrons. The first-order valence-corrected chi connectivity index (χ1v) is 4.55. The van der Waals surface area contributed by atoms with Crippen molar-refractivity contribution < 1.29 is 17.9 Å². The predicted octanol–water partition coefficient (Wildman–Crippen LogP) is 1.66. The van der Waals surface area contributed by atoms with Crippen LogP contribution in [-0.2, 0) is 10.3 Å². The zero-order valence-electron chi connectivity index (χ0n) is 8.43. The molecule has 1 unspecified atom stereocenters. The highest BCUT2D eigenvalue weighted by atomic mass is 19.2. The van der Waals surface area contributed by atoms with Crippen LogP contribution in [0.1, 0.15) is 12.5 Å². The van der Waals surface area contributed by atoms with Crippen LogP contribution in [0.4, 0.5) is 13.2 Å². The Labute approximate surface area is 89.7 Å². The average molecular weight is 230 g/mol. The molecule has 1 aliphatic heterocycles. The molecule has 1 aliphatic rings. The quantitative estimate of drug-likeness (QED) is 0.746. The Balaban J connectivity index is 2.50. The van der Waals surface area contributed by atoms with Gasteiger partial charge in [0, 0.05) is 0 Å². The van der Waals surface area contributed by atoms with Gasteiger partial charge in [-0.1, -0.05) is 0 Å². The normalized spacial score (nSPS) is 24.1. The summed E-state index contributed by atoms with van der Waals surface area (Å²) in [5.74, 6) is -4.00. The van der Waals surface area contributed by atoms with E-state index in [9.17, 15) is 13.2 Å². The van der Waals surface area contributed by atoms with Gasteiger partial charge in [0.2, 0.25) is 0 Å². The van der Waals surface area contributed by atoms with Gasteiger partial charge in [0.1, 0.15) is 12.1 Å². The number of hydrogen-bond acceptors (Lipinski definition) is 3. The van der Waals surface area contributed by atoms with Gasteiger partial charge in [0.05, 0.1) is 0 Å². The Hall–Kier alpha value is -1.72. The van der Waals surface area contributed by atoms with Crippen molar-refractivity contribution in [3.63, 3.8) is 0 Å². The topological polar surface area (TPSA) is 47.6 Å². The molecule has 0 spiro atoms. The lowest BCUT2D eigenvalue weighted by Crippen LogP contribution is -2.21. The Morgan fingerprint density at radius 1 is 1.31 bits per heavy atom. The SMILES string of the molecule is CC1(c2cc(F)c(F)c(F)c2)COC(N)=N1. The third-order valence-electron chi connectivity index (χ3n) is 2.46. The summed E-state index contributed by atoms with van der Waals surface area (Å²) in [5, 5.41) is 0. The number of ether oxygens (including phenoxy) is 1. The van der Waals surface area contributed by atoms with E-state index in [4.69, 9.17) is 10.5 Å². The molecule has 0 saturated carbocycles. The van der Waals surface area contributed by atoms with Gasteiger partial charge in [-0.05, 0) is 24.6 Å². The summed E-state index contributed by atoms with van der Waals surface area (Å²) in [6.07, 6.45) is 0. The summed E-state index contributed by atoms with van der Waals surface area (Å²) < 4.78 is 43.7. The van der Waals surface area contributed by atoms with Crippen LogP contribution in [0.3, 0.4) is 0 Å². The van der Waals surface area contributed by atoms with Crippen molar-refractivity contribution in [2.45, 2.75) is 12.5 Å². The maximum absolute atomic E-state index is 13.0. The van der Waals surface area contributed by atoms with Crippen LogP contribution >= 0.6 is 0 Å². The van der Waals surface area contributed by atoms with Crippen molar-refractivity contribution in [2.75, 3.05) is 6.61 Å². The van der Waals surface area contributed by atoms with E-state index in [1.807, 2.05) is 0 Å². The monoisotopic (exact) mass is 230 g/mol. The van der Waals surface area contributed by atoms with Crippen molar-refractivity contribution in [3.8, 4) is 0 Å². The van der Waals surface area contributed by atoms with Crippen LogP contribution in [-0.4, -0.2) is 12.6 Å². The number of nitrogens with two attached hydrogens (primary N) is 1. The smallest absolute Gasteiger partial charge is 0.283 e. The summed E-state index contributed by atoms with van der Waals surface area (Å²) in [6, 6.07) is 1.74. The van der Waals surface area contributed by atoms with E-state index in [2.05, 4.69) is 4.99 Å². The molecule has 0 amide bonds. The van der Waals surface area contributed by atoms with Gasteiger partial charge in [0.15, 0.2) is 17.5 Å². The highest BCUT2D eigenvalue weighted by molar-refractivity contribution is 5.74. The van der Waals surface area contributed by atoms with E-state index in [1.165, 1.54) is 0 Å². The third-order valence-corrected chi connectivity index (χ3v) is 2.46. The van der Waals surface area contributed by atoms with Crippen LogP contribution in [0.25, 0.3) is 0 Å². The minimum absolute atomic E-state index is 0.0485. The molecule has 0 saturated heterocycles. The van der Waals surface area contributed by atoms with E-state index in [0.29, 0.717) is 0 Å². The maximum Gasteiger partial charge on any atom is 0.283 e. The van der Waals surface area contributed by atoms with E-state index < -0.39 is 23.0 Å². The number of halogens is 3. The summed E-state index contributed by atoms with van der Waals surface area (Å²) in [7, 11) is 0. The zero-order chi connectivity index (χ0) is 11.9. The second-order valence-electron chi connectivity index (χ2n) is 3.77. The summed E-state index contributed by atoms with van der Waals surface area (Å²) in [4.78, 5) is 3.92. The van der Waals surface area contributed by atoms with Gasteiger partial charge >= 0.3 is 0 Å². The summed E-state index contributed by atoms with van der Waals surface area (Å²) in [5.41, 5.74) is 4.53. The molecule has 1 atom stereocenters. The maximum atomic E-state index is 13.0. The number of rotatable bonds is 1. The van der Waals surface area contributed by atoms with Gasteiger partial charge in [0.25, 0.3) is 6.02 Å². The first-order chi connectivity index (χ1) is 7.42. The molecule has 2 rings (SSSR count). The third kappa shape index (κ3) is 1.60. The molecule has 0 aromatic heterocycles. The predicted molar refractivity (Wildman–Crippen MR) is 51.2 cm³/mol. The second kappa shape index (κ2) is 3.40. The van der Waals surface area contributed by atoms with Crippen LogP contribution in [0.5, 0.6) is 0 Å². The van der Waals surface area contributed by atoms with Crippen LogP contribution in [0, 0.1) is 17.5 Å². The van der Waals surface area contributed by atoms with Gasteiger partial charge in [-0.2, -0.15) is 0 Å². The first-order valence-electron chi connectivity index (χ1n) is 4.55. The fourth-order valence-electron chi connectivity index (χ4n) is 1.54. The fraction of sp³-hybridized carbons (Fsp3) is 0.300. The van der Waals surface area contributed by atoms with E-state index in [-0.39, 0.29) is 18.2 Å². The van der Waals surface area contributed by atoms with Gasteiger partial charge in [-0.25, -0.2) is 18.2 Å². The Bertz CT molecular complexity index is 452. The van der Waals surface area contributed by atoms with Gasteiger partial charge in [-0.15, -0.1) is 0 Å². The van der Waals surface area contributed by atoms with Crippen molar-refractivity contribution in [1.29, 1.82) is 0 Å². The zero-order valence-corrected chi connectivity index (χ0v) is 8.43. The molecule has 0 fully saturated rings. The van der Waals surface area contributed by atoms with Gasteiger partial charge in [-0.3, -0.25) is 0 Å². The van der Waals surface area contributed by atoms with Crippen LogP contribution in [0.15, 0.2) is 17.1 Å². The van der Waals surface area contributed by atoms with Crippen molar-refractivity contribution in [3.05, 3.63) is 35.1 Å². The van der Waals surface area contributed by atoms with Crippen LogP contribution < -0.4 is 5.73 Å². The molecule has 3 nitrogen and oxygen atoms in total. The molecule has 16 heavy (non-hydrogen) atoms. The minimum atomic E-state index is -1.50. The standard InChI is InChI=1S/C10H9F3N2O/c1-10(4-16-9(14)15-10)5-2-6(11)8(13)7(12)3-5/h2-3H,4H2,1H3,(H2,14,15). The molecule has 1 aromatic rings. The molecule has 0 aliphatic carbocycles. The number of aliphatic imine (C=N–C) groups is 1. The number of benzene rings is 1. The summed E-state index contributed by atoms with van der Waals surface area (Å²) in [6.45, 7) is 1.67. The molecular formula is C10H9F3N2O. The summed E-state index contributed by atoms with van der Waals surface area (Å²) >= 11 is 0.